The summed E-state index contributed by atoms with van der Waals surface area (Å²) in [6, 6.07) is 3.40. The summed E-state index contributed by atoms with van der Waals surface area (Å²) in [5.74, 6) is -2.11. The van der Waals surface area contributed by atoms with Gasteiger partial charge in [-0.15, -0.1) is 0 Å². The molecular weight excluding hydrogens is 297 g/mol. The number of carbonyl (C=O) groups excluding carboxylic acids is 1. The quantitative estimate of drug-likeness (QED) is 0.873. The van der Waals surface area contributed by atoms with Crippen LogP contribution in [0.25, 0.3) is 6.08 Å². The normalized spacial score (nSPS) is 22.0. The Bertz CT molecular complexity index is 582. The number of carbonyl (C=O) groups is 2. The summed E-state index contributed by atoms with van der Waals surface area (Å²) >= 11 is 5.86. The minimum atomic E-state index is -1.02. The van der Waals surface area contributed by atoms with E-state index in [-0.39, 0.29) is 16.5 Å². The molecule has 1 aromatic rings. The first kappa shape index (κ1) is 15.5. The van der Waals surface area contributed by atoms with E-state index in [4.69, 9.17) is 11.6 Å². The Kier molecular flexibility index (Phi) is 4.63. The molecule has 1 aliphatic heterocycles. The van der Waals surface area contributed by atoms with Crippen LogP contribution in [0.1, 0.15) is 18.9 Å². The van der Waals surface area contributed by atoms with Crippen molar-refractivity contribution < 1.29 is 19.1 Å². The van der Waals surface area contributed by atoms with Crippen LogP contribution in [0, 0.1) is 11.7 Å². The summed E-state index contributed by atoms with van der Waals surface area (Å²) in [5, 5.41) is 9.38. The zero-order valence-corrected chi connectivity index (χ0v) is 12.2. The van der Waals surface area contributed by atoms with Gasteiger partial charge in [0.15, 0.2) is 0 Å². The third-order valence-corrected chi connectivity index (χ3v) is 3.96. The molecule has 0 bridgehead atoms. The second kappa shape index (κ2) is 6.26. The molecule has 1 aromatic carbocycles. The summed E-state index contributed by atoms with van der Waals surface area (Å²) < 4.78 is 13.6. The fourth-order valence-electron chi connectivity index (χ4n) is 2.49. The maximum Gasteiger partial charge on any atom is 0.326 e. The van der Waals surface area contributed by atoms with Crippen LogP contribution in [-0.2, 0) is 9.59 Å². The number of amides is 1. The number of carboxylic acid groups (broad SMARTS) is 1. The van der Waals surface area contributed by atoms with E-state index in [2.05, 4.69) is 0 Å². The molecule has 1 saturated heterocycles. The largest absolute Gasteiger partial charge is 0.480 e. The van der Waals surface area contributed by atoms with E-state index >= 15 is 0 Å². The van der Waals surface area contributed by atoms with Gasteiger partial charge in [-0.1, -0.05) is 24.6 Å². The second-order valence-corrected chi connectivity index (χ2v) is 5.46. The van der Waals surface area contributed by atoms with E-state index in [1.54, 1.807) is 6.92 Å². The topological polar surface area (TPSA) is 57.6 Å². The molecule has 1 aliphatic rings. The molecule has 0 radical (unpaired) electrons. The van der Waals surface area contributed by atoms with Gasteiger partial charge in [-0.05, 0) is 30.5 Å². The van der Waals surface area contributed by atoms with Crippen molar-refractivity contribution in [3.63, 3.8) is 0 Å². The minimum absolute atomic E-state index is 0.100. The third kappa shape index (κ3) is 3.24. The van der Waals surface area contributed by atoms with Crippen molar-refractivity contribution in [2.45, 2.75) is 19.4 Å². The van der Waals surface area contributed by atoms with E-state index in [0.717, 1.165) is 6.08 Å². The van der Waals surface area contributed by atoms with E-state index in [9.17, 15) is 19.1 Å². The minimum Gasteiger partial charge on any atom is -0.480 e. The number of benzene rings is 1. The van der Waals surface area contributed by atoms with Crippen LogP contribution < -0.4 is 0 Å². The predicted octanol–water partition coefficient (Wildman–Crippen LogP) is 2.81. The molecule has 112 valence electrons. The van der Waals surface area contributed by atoms with E-state index < -0.39 is 23.7 Å². The standard InChI is InChI=1S/C15H15ClFNO3/c1-9-7-8-18(14(9)15(20)21)13(19)6-5-10-11(16)3-2-4-12(10)17/h2-6,9,14H,7-8H2,1H3,(H,20,21)/b6-5+. The van der Waals surface area contributed by atoms with Crippen molar-refractivity contribution in [2.75, 3.05) is 6.54 Å². The van der Waals surface area contributed by atoms with Gasteiger partial charge < -0.3 is 10.0 Å². The highest BCUT2D eigenvalue weighted by Gasteiger charge is 2.38. The first-order valence-corrected chi connectivity index (χ1v) is 6.95. The molecule has 2 rings (SSSR count). The fraction of sp³-hybridized carbons (Fsp3) is 0.333. The lowest BCUT2D eigenvalue weighted by Crippen LogP contribution is -2.42. The van der Waals surface area contributed by atoms with Gasteiger partial charge in [-0.25, -0.2) is 9.18 Å². The van der Waals surface area contributed by atoms with Gasteiger partial charge in [-0.3, -0.25) is 4.79 Å². The molecule has 1 fully saturated rings. The summed E-state index contributed by atoms with van der Waals surface area (Å²) in [7, 11) is 0. The SMILES string of the molecule is CC1CCN(C(=O)/C=C/c2c(F)cccc2Cl)C1C(=O)O. The van der Waals surface area contributed by atoms with Crippen molar-refractivity contribution in [3.05, 3.63) is 40.7 Å². The number of hydrogen-bond donors (Lipinski definition) is 1. The number of aliphatic carboxylic acids is 1. The molecule has 1 amide bonds. The Balaban J connectivity index is 2.18. The number of hydrogen-bond acceptors (Lipinski definition) is 2. The molecule has 0 spiro atoms. The van der Waals surface area contributed by atoms with E-state index in [1.807, 2.05) is 0 Å². The lowest BCUT2D eigenvalue weighted by Gasteiger charge is -2.21. The first-order chi connectivity index (χ1) is 9.91. The van der Waals surface area contributed by atoms with Crippen molar-refractivity contribution in [1.29, 1.82) is 0 Å². The summed E-state index contributed by atoms with van der Waals surface area (Å²) in [4.78, 5) is 24.6. The molecule has 6 heteroatoms. The lowest BCUT2D eigenvalue weighted by atomic mass is 10.0. The van der Waals surface area contributed by atoms with Crippen LogP contribution in [0.3, 0.4) is 0 Å². The average Bonchev–Trinajstić information content (AvgIpc) is 2.80. The highest BCUT2D eigenvalue weighted by Crippen LogP contribution is 2.25. The highest BCUT2D eigenvalue weighted by atomic mass is 35.5. The van der Waals surface area contributed by atoms with Gasteiger partial charge in [0.1, 0.15) is 11.9 Å². The van der Waals surface area contributed by atoms with Crippen LogP contribution in [0.4, 0.5) is 4.39 Å². The summed E-state index contributed by atoms with van der Waals surface area (Å²) in [6.45, 7) is 2.18. The van der Waals surface area contributed by atoms with Gasteiger partial charge in [-0.2, -0.15) is 0 Å². The fourth-order valence-corrected chi connectivity index (χ4v) is 2.72. The van der Waals surface area contributed by atoms with Crippen molar-refractivity contribution in [2.24, 2.45) is 5.92 Å². The molecule has 1 heterocycles. The monoisotopic (exact) mass is 311 g/mol. The molecular formula is C15H15ClFNO3. The molecule has 21 heavy (non-hydrogen) atoms. The van der Waals surface area contributed by atoms with Gasteiger partial charge in [0.05, 0.1) is 5.02 Å². The first-order valence-electron chi connectivity index (χ1n) is 6.57. The number of likely N-dealkylation sites (tertiary alicyclic amines) is 1. The predicted molar refractivity (Wildman–Crippen MR) is 77.4 cm³/mol. The van der Waals surface area contributed by atoms with Crippen LogP contribution in [0.2, 0.25) is 5.02 Å². The second-order valence-electron chi connectivity index (χ2n) is 5.05. The van der Waals surface area contributed by atoms with E-state index in [0.29, 0.717) is 13.0 Å². The maximum absolute atomic E-state index is 13.6. The van der Waals surface area contributed by atoms with Crippen LogP contribution in [-0.4, -0.2) is 34.5 Å². The molecule has 2 atom stereocenters. The molecule has 0 saturated carbocycles. The lowest BCUT2D eigenvalue weighted by molar-refractivity contribution is -0.147. The Morgan fingerprint density at radius 3 is 2.81 bits per heavy atom. The van der Waals surface area contributed by atoms with Gasteiger partial charge in [0.25, 0.3) is 0 Å². The number of rotatable bonds is 3. The zero-order chi connectivity index (χ0) is 15.6. The Hall–Kier alpha value is -1.88. The molecule has 2 unspecified atom stereocenters. The molecule has 0 aliphatic carbocycles. The molecule has 4 nitrogen and oxygen atoms in total. The summed E-state index contributed by atoms with van der Waals surface area (Å²) in [5.41, 5.74) is 0.117. The molecule has 0 aromatic heterocycles. The number of nitrogens with zero attached hydrogens (tertiary/aromatic N) is 1. The van der Waals surface area contributed by atoms with Crippen molar-refractivity contribution in [3.8, 4) is 0 Å². The van der Waals surface area contributed by atoms with Crippen molar-refractivity contribution in [1.82, 2.24) is 4.90 Å². The Morgan fingerprint density at radius 2 is 2.19 bits per heavy atom. The van der Waals surface area contributed by atoms with Crippen LogP contribution in [0.5, 0.6) is 0 Å². The van der Waals surface area contributed by atoms with Crippen LogP contribution in [0.15, 0.2) is 24.3 Å². The van der Waals surface area contributed by atoms with Crippen LogP contribution >= 0.6 is 11.6 Å². The van der Waals surface area contributed by atoms with Gasteiger partial charge in [0.2, 0.25) is 5.91 Å². The van der Waals surface area contributed by atoms with Crippen molar-refractivity contribution >= 4 is 29.6 Å². The summed E-state index contributed by atoms with van der Waals surface area (Å²) in [6.07, 6.45) is 3.08. The van der Waals surface area contributed by atoms with Gasteiger partial charge >= 0.3 is 5.97 Å². The van der Waals surface area contributed by atoms with Gasteiger partial charge in [0, 0.05) is 18.2 Å². The number of carboxylic acids is 1. The zero-order valence-electron chi connectivity index (χ0n) is 11.4. The Morgan fingerprint density at radius 1 is 1.48 bits per heavy atom. The average molecular weight is 312 g/mol. The molecule has 1 N–H and O–H groups in total. The highest BCUT2D eigenvalue weighted by molar-refractivity contribution is 6.32. The number of halogens is 2. The van der Waals surface area contributed by atoms with E-state index in [1.165, 1.54) is 29.2 Å². The smallest absolute Gasteiger partial charge is 0.326 e. The maximum atomic E-state index is 13.6. The third-order valence-electron chi connectivity index (χ3n) is 3.63. The Labute approximate surface area is 126 Å².